The lowest BCUT2D eigenvalue weighted by atomic mass is 9.80. The Morgan fingerprint density at radius 3 is 1.41 bits per heavy atom. The van der Waals surface area contributed by atoms with Gasteiger partial charge in [0.25, 0.3) is 8.53 Å². The number of hydrogen-bond donors (Lipinski definition) is 0. The molecule has 0 bridgehead atoms. The van der Waals surface area contributed by atoms with Crippen LogP contribution in [0.4, 0.5) is 0 Å². The second kappa shape index (κ2) is 26.9. The summed E-state index contributed by atoms with van der Waals surface area (Å²) in [5, 5.41) is 8.97. The van der Waals surface area contributed by atoms with Crippen molar-refractivity contribution in [3.63, 3.8) is 0 Å². The van der Waals surface area contributed by atoms with E-state index >= 15 is 0 Å². The van der Waals surface area contributed by atoms with Crippen LogP contribution in [0.2, 0.25) is 0 Å². The molecule has 6 rings (SSSR count). The molecule has 0 spiro atoms. The van der Waals surface area contributed by atoms with Crippen molar-refractivity contribution < 1.29 is 32.7 Å². The minimum Gasteiger partial charge on any atom is -0.497 e. The van der Waals surface area contributed by atoms with Gasteiger partial charge in [0.05, 0.1) is 73.0 Å². The first-order valence-electron chi connectivity index (χ1n) is 22.9. The van der Waals surface area contributed by atoms with Crippen molar-refractivity contribution in [1.82, 2.24) is 4.67 Å². The van der Waals surface area contributed by atoms with E-state index in [9.17, 15) is 0 Å². The highest BCUT2D eigenvalue weighted by molar-refractivity contribution is 7.44. The summed E-state index contributed by atoms with van der Waals surface area (Å²) in [5.41, 5.74) is 7.60. The average Bonchev–Trinajstić information content (AvgIpc) is 3.36. The molecular formula is C58H61N2O7P. The molecule has 0 N–H and O–H groups in total. The topological polar surface area (TPSA) is 91.6 Å². The molecule has 0 radical (unpaired) electrons. The Balaban J connectivity index is 1.03. The monoisotopic (exact) mass is 928 g/mol. The Morgan fingerprint density at radius 2 is 0.941 bits per heavy atom. The van der Waals surface area contributed by atoms with Crippen LogP contribution in [-0.2, 0) is 42.1 Å². The molecule has 0 aliphatic heterocycles. The van der Waals surface area contributed by atoms with E-state index in [0.29, 0.717) is 52.7 Å². The first-order chi connectivity index (χ1) is 33.2. The normalized spacial score (nSPS) is 11.6. The molecule has 68 heavy (non-hydrogen) atoms. The van der Waals surface area contributed by atoms with Gasteiger partial charge in [0, 0.05) is 34.3 Å². The second-order valence-corrected chi connectivity index (χ2v) is 17.8. The zero-order valence-corrected chi connectivity index (χ0v) is 40.8. The van der Waals surface area contributed by atoms with Gasteiger partial charge < -0.3 is 32.7 Å². The summed E-state index contributed by atoms with van der Waals surface area (Å²) in [6.07, 6.45) is 0.325. The fourth-order valence-electron chi connectivity index (χ4n) is 7.64. The van der Waals surface area contributed by atoms with E-state index in [4.69, 9.17) is 38.0 Å². The van der Waals surface area contributed by atoms with E-state index in [-0.39, 0.29) is 12.1 Å². The van der Waals surface area contributed by atoms with Gasteiger partial charge in [0.1, 0.15) is 17.1 Å². The highest BCUT2D eigenvalue weighted by atomic mass is 31.2. The summed E-state index contributed by atoms with van der Waals surface area (Å²) in [5.74, 6) is 14.8. The van der Waals surface area contributed by atoms with Gasteiger partial charge >= 0.3 is 0 Å². The van der Waals surface area contributed by atoms with Crippen LogP contribution >= 0.6 is 8.53 Å². The van der Waals surface area contributed by atoms with Crippen LogP contribution in [0.5, 0.6) is 11.5 Å². The summed E-state index contributed by atoms with van der Waals surface area (Å²) >= 11 is 0. The molecule has 1 unspecified atom stereocenters. The molecule has 0 amide bonds. The van der Waals surface area contributed by atoms with Crippen LogP contribution in [0.25, 0.3) is 0 Å². The number of ether oxygens (including phenoxy) is 5. The highest BCUT2D eigenvalue weighted by Gasteiger charge is 2.38. The first-order valence-corrected chi connectivity index (χ1v) is 24.0. The molecule has 350 valence electrons. The van der Waals surface area contributed by atoms with Crippen LogP contribution < -0.4 is 9.47 Å². The standard InChI is InChI=1S/C58H61N2O7P/c1-45(2)60(46(3)4)68(66-35-13-34-59)67-39-37-64-44-52-19-12-17-50(42-52)25-23-48-15-10-14-47(40-48)22-24-49-16-11-18-51(41-49)43-63-36-38-65-58(53-20-8-7-9-21-53,54-26-30-56(61-5)31-27-54)55-28-32-57(62-6)33-29-55/h7-12,14-21,26-33,40-42,45-46H,13,35-39,43-44H2,1-6H3. The number of nitriles is 1. The maximum atomic E-state index is 8.97. The zero-order valence-electron chi connectivity index (χ0n) is 39.9. The zero-order chi connectivity index (χ0) is 48.0. The molecule has 0 aliphatic carbocycles. The molecule has 9 nitrogen and oxygen atoms in total. The Kier molecular flexibility index (Phi) is 20.2. The number of rotatable bonds is 23. The lowest BCUT2D eigenvalue weighted by Crippen LogP contribution is -2.34. The summed E-state index contributed by atoms with van der Waals surface area (Å²) in [6.45, 7) is 11.2. The van der Waals surface area contributed by atoms with Crippen molar-refractivity contribution in [2.24, 2.45) is 0 Å². The molecular weight excluding hydrogens is 868 g/mol. The van der Waals surface area contributed by atoms with Crippen molar-refractivity contribution in [3.05, 3.63) is 202 Å². The van der Waals surface area contributed by atoms with Gasteiger partial charge in [-0.25, -0.2) is 4.67 Å². The number of nitrogens with zero attached hydrogens (tertiary/aromatic N) is 2. The lowest BCUT2D eigenvalue weighted by molar-refractivity contribution is -0.0270. The van der Waals surface area contributed by atoms with Crippen molar-refractivity contribution in [2.75, 3.05) is 47.3 Å². The van der Waals surface area contributed by atoms with Crippen molar-refractivity contribution >= 4 is 8.53 Å². The predicted molar refractivity (Wildman–Crippen MR) is 270 cm³/mol. The Hall–Kier alpha value is -6.28. The van der Waals surface area contributed by atoms with Crippen molar-refractivity contribution in [1.29, 1.82) is 5.26 Å². The number of benzene rings is 6. The van der Waals surface area contributed by atoms with E-state index in [2.05, 4.69) is 80.3 Å². The van der Waals surface area contributed by atoms with Gasteiger partial charge in [0.2, 0.25) is 0 Å². The summed E-state index contributed by atoms with van der Waals surface area (Å²) in [6, 6.07) is 53.0. The van der Waals surface area contributed by atoms with E-state index in [1.165, 1.54) is 0 Å². The fraction of sp³-hybridized carbons (Fsp3) is 0.293. The molecule has 0 saturated heterocycles. The predicted octanol–water partition coefficient (Wildman–Crippen LogP) is 11.8. The van der Waals surface area contributed by atoms with Gasteiger partial charge in [-0.1, -0.05) is 109 Å². The Bertz CT molecular complexity index is 2590. The van der Waals surface area contributed by atoms with Gasteiger partial charge in [-0.2, -0.15) is 5.26 Å². The van der Waals surface area contributed by atoms with Gasteiger partial charge in [-0.05, 0) is 122 Å². The second-order valence-electron chi connectivity index (χ2n) is 16.3. The number of methoxy groups -OCH3 is 2. The lowest BCUT2D eigenvalue weighted by Gasteiger charge is -2.36. The molecule has 1 atom stereocenters. The molecule has 0 saturated carbocycles. The summed E-state index contributed by atoms with van der Waals surface area (Å²) in [4.78, 5) is 0. The van der Waals surface area contributed by atoms with E-state index in [0.717, 1.165) is 61.6 Å². The summed E-state index contributed by atoms with van der Waals surface area (Å²) in [7, 11) is 2.03. The molecule has 6 aromatic carbocycles. The largest absolute Gasteiger partial charge is 0.497 e. The Labute approximate surface area is 404 Å². The fourth-order valence-corrected chi connectivity index (χ4v) is 9.21. The smallest absolute Gasteiger partial charge is 0.259 e. The molecule has 0 fully saturated rings. The highest BCUT2D eigenvalue weighted by Crippen LogP contribution is 2.46. The van der Waals surface area contributed by atoms with Gasteiger partial charge in [-0.15, -0.1) is 0 Å². The van der Waals surface area contributed by atoms with Crippen molar-refractivity contribution in [2.45, 2.75) is 65.0 Å². The van der Waals surface area contributed by atoms with Crippen LogP contribution in [0.3, 0.4) is 0 Å². The van der Waals surface area contributed by atoms with E-state index in [1.54, 1.807) is 14.2 Å². The molecule has 10 heteroatoms. The van der Waals surface area contributed by atoms with E-state index < -0.39 is 14.1 Å². The third kappa shape index (κ3) is 14.9. The third-order valence-corrected chi connectivity index (χ3v) is 12.9. The van der Waals surface area contributed by atoms with Crippen LogP contribution in [0.1, 0.15) is 84.2 Å². The molecule has 6 aromatic rings. The van der Waals surface area contributed by atoms with Gasteiger partial charge in [-0.3, -0.25) is 0 Å². The minimum absolute atomic E-state index is 0.242. The molecule has 0 aromatic heterocycles. The minimum atomic E-state index is -1.30. The SMILES string of the molecule is COc1ccc(C(OCCOCc2cccc(C#Cc3cccc(C#Cc4cccc(COCCOP(OCCC#N)N(C(C)C)C(C)C)c4)c3)c2)(c2ccccc2)c2ccc(OC)cc2)cc1. The third-order valence-electron chi connectivity index (χ3n) is 10.8. The molecule has 0 aliphatic rings. The maximum Gasteiger partial charge on any atom is 0.259 e. The Morgan fingerprint density at radius 1 is 0.500 bits per heavy atom. The van der Waals surface area contributed by atoms with Crippen LogP contribution in [-0.4, -0.2) is 64.0 Å². The van der Waals surface area contributed by atoms with E-state index in [1.807, 2.05) is 133 Å². The van der Waals surface area contributed by atoms with Crippen LogP contribution in [0.15, 0.2) is 152 Å². The summed E-state index contributed by atoms with van der Waals surface area (Å²) < 4.78 is 44.4. The van der Waals surface area contributed by atoms with Crippen molar-refractivity contribution in [3.8, 4) is 41.2 Å². The van der Waals surface area contributed by atoms with Crippen LogP contribution in [0, 0.1) is 35.0 Å². The number of hydrogen-bond acceptors (Lipinski definition) is 9. The average molecular weight is 929 g/mol. The first kappa shape index (κ1) is 51.1. The molecule has 0 heterocycles. The maximum absolute atomic E-state index is 8.97. The quantitative estimate of drug-likeness (QED) is 0.0270. The van der Waals surface area contributed by atoms with Gasteiger partial charge in [0.15, 0.2) is 0 Å².